The van der Waals surface area contributed by atoms with Crippen molar-refractivity contribution < 1.29 is 14.7 Å². The van der Waals surface area contributed by atoms with E-state index in [1.807, 2.05) is 13.8 Å². The van der Waals surface area contributed by atoms with Crippen LogP contribution in [-0.2, 0) is 9.59 Å². The molecule has 3 nitrogen and oxygen atoms in total. The van der Waals surface area contributed by atoms with E-state index in [-0.39, 0.29) is 12.3 Å². The van der Waals surface area contributed by atoms with Crippen LogP contribution >= 0.6 is 0 Å². The summed E-state index contributed by atoms with van der Waals surface area (Å²) in [7, 11) is 0. The second kappa shape index (κ2) is 4.66. The summed E-state index contributed by atoms with van der Waals surface area (Å²) in [4.78, 5) is 20.4. The lowest BCUT2D eigenvalue weighted by Crippen LogP contribution is -1.99. The molecule has 0 rings (SSSR count). The Kier molecular flexibility index (Phi) is 4.18. The molecule has 0 unspecified atom stereocenters. The normalized spacial score (nSPS) is 11.7. The van der Waals surface area contributed by atoms with Gasteiger partial charge in [-0.25, -0.2) is 0 Å². The minimum absolute atomic E-state index is 0.179. The van der Waals surface area contributed by atoms with Crippen molar-refractivity contribution in [1.29, 1.82) is 0 Å². The van der Waals surface area contributed by atoms with E-state index < -0.39 is 5.97 Å². The molecule has 0 atom stereocenters. The number of carbonyl (C=O) groups is 2. The zero-order valence-corrected chi connectivity index (χ0v) is 6.70. The summed E-state index contributed by atoms with van der Waals surface area (Å²) >= 11 is 0. The van der Waals surface area contributed by atoms with Gasteiger partial charge in [0.2, 0.25) is 0 Å². The van der Waals surface area contributed by atoms with E-state index in [0.717, 1.165) is 0 Å². The summed E-state index contributed by atoms with van der Waals surface area (Å²) in [6.07, 6.45) is 2.07. The highest BCUT2D eigenvalue weighted by Crippen LogP contribution is 2.03. The summed E-state index contributed by atoms with van der Waals surface area (Å²) in [5.74, 6) is -0.751. The average molecular weight is 156 g/mol. The van der Waals surface area contributed by atoms with Gasteiger partial charge in [-0.05, 0) is 11.5 Å². The van der Waals surface area contributed by atoms with Crippen molar-refractivity contribution in [3.63, 3.8) is 0 Å². The Morgan fingerprint density at radius 1 is 1.55 bits per heavy atom. The molecule has 0 bridgehead atoms. The van der Waals surface area contributed by atoms with Gasteiger partial charge in [0.05, 0.1) is 6.42 Å². The Morgan fingerprint density at radius 2 is 2.09 bits per heavy atom. The molecular weight excluding hydrogens is 144 g/mol. The Bertz CT molecular complexity index is 180. The molecule has 3 heteroatoms. The average Bonchev–Trinajstić information content (AvgIpc) is 1.84. The zero-order chi connectivity index (χ0) is 8.85. The molecule has 0 aliphatic heterocycles. The summed E-state index contributed by atoms with van der Waals surface area (Å²) < 4.78 is 0. The van der Waals surface area contributed by atoms with Gasteiger partial charge in [-0.15, -0.1) is 0 Å². The number of allylic oxidation sites excluding steroid dienone is 1. The number of carboxylic acids is 1. The Morgan fingerprint density at radius 3 is 2.36 bits per heavy atom. The number of hydrogen-bond donors (Lipinski definition) is 1. The van der Waals surface area contributed by atoms with Gasteiger partial charge < -0.3 is 5.11 Å². The first kappa shape index (κ1) is 9.88. The van der Waals surface area contributed by atoms with Gasteiger partial charge in [-0.3, -0.25) is 9.59 Å². The van der Waals surface area contributed by atoms with Gasteiger partial charge in [-0.2, -0.15) is 0 Å². The third kappa shape index (κ3) is 5.33. The first-order chi connectivity index (χ1) is 5.06. The molecule has 0 spiro atoms. The lowest BCUT2D eigenvalue weighted by Gasteiger charge is -1.97. The summed E-state index contributed by atoms with van der Waals surface area (Å²) in [6, 6.07) is 0. The Balaban J connectivity index is 4.16. The molecule has 0 amide bonds. The van der Waals surface area contributed by atoms with Crippen molar-refractivity contribution in [2.45, 2.75) is 20.3 Å². The lowest BCUT2D eigenvalue weighted by molar-refractivity contribution is -0.136. The van der Waals surface area contributed by atoms with E-state index in [0.29, 0.717) is 11.9 Å². The number of hydrogen-bond acceptors (Lipinski definition) is 2. The number of carbonyl (C=O) groups excluding carboxylic acids is 1. The number of carboxylic acid groups (broad SMARTS) is 1. The van der Waals surface area contributed by atoms with Crippen LogP contribution in [0.2, 0.25) is 0 Å². The van der Waals surface area contributed by atoms with Gasteiger partial charge >= 0.3 is 5.97 Å². The van der Waals surface area contributed by atoms with Crippen molar-refractivity contribution in [2.24, 2.45) is 5.92 Å². The van der Waals surface area contributed by atoms with E-state index in [9.17, 15) is 9.59 Å². The molecule has 0 aromatic heterocycles. The van der Waals surface area contributed by atoms with Crippen LogP contribution in [0.15, 0.2) is 11.6 Å². The molecule has 62 valence electrons. The third-order valence-electron chi connectivity index (χ3n) is 1.05. The quantitative estimate of drug-likeness (QED) is 0.492. The summed E-state index contributed by atoms with van der Waals surface area (Å²) in [5.41, 5.74) is 0.340. The van der Waals surface area contributed by atoms with Crippen LogP contribution in [0.1, 0.15) is 20.3 Å². The summed E-state index contributed by atoms with van der Waals surface area (Å²) in [6.45, 7) is 3.79. The first-order valence-electron chi connectivity index (χ1n) is 3.44. The van der Waals surface area contributed by atoms with Crippen LogP contribution in [0, 0.1) is 5.92 Å². The highest BCUT2D eigenvalue weighted by atomic mass is 16.4. The SMILES string of the molecule is CC(C)/C=C(/C=O)CC(=O)O. The maximum absolute atomic E-state index is 10.2. The maximum atomic E-state index is 10.2. The van der Waals surface area contributed by atoms with E-state index in [4.69, 9.17) is 5.11 Å². The second-order valence-corrected chi connectivity index (χ2v) is 2.67. The van der Waals surface area contributed by atoms with Crippen LogP contribution in [0.25, 0.3) is 0 Å². The van der Waals surface area contributed by atoms with Crippen molar-refractivity contribution in [2.75, 3.05) is 0 Å². The number of rotatable bonds is 4. The molecular formula is C8H12O3. The van der Waals surface area contributed by atoms with Crippen LogP contribution in [0.4, 0.5) is 0 Å². The molecule has 0 heterocycles. The van der Waals surface area contributed by atoms with Gasteiger partial charge in [0.25, 0.3) is 0 Å². The van der Waals surface area contributed by atoms with E-state index in [2.05, 4.69) is 0 Å². The van der Waals surface area contributed by atoms with Crippen molar-refractivity contribution in [1.82, 2.24) is 0 Å². The standard InChI is InChI=1S/C8H12O3/c1-6(2)3-7(5-9)4-8(10)11/h3,5-6H,4H2,1-2H3,(H,10,11)/b7-3+. The van der Waals surface area contributed by atoms with Crippen molar-refractivity contribution in [3.8, 4) is 0 Å². The molecule has 1 N–H and O–H groups in total. The lowest BCUT2D eigenvalue weighted by atomic mass is 10.1. The molecule has 0 saturated heterocycles. The fraction of sp³-hybridized carbons (Fsp3) is 0.500. The Labute approximate surface area is 65.7 Å². The second-order valence-electron chi connectivity index (χ2n) is 2.67. The van der Waals surface area contributed by atoms with Crippen molar-refractivity contribution >= 4 is 12.3 Å². The van der Waals surface area contributed by atoms with Crippen LogP contribution < -0.4 is 0 Å². The highest BCUT2D eigenvalue weighted by Gasteiger charge is 2.02. The topological polar surface area (TPSA) is 54.4 Å². The predicted octanol–water partition coefficient (Wildman–Crippen LogP) is 1.24. The molecule has 0 radical (unpaired) electrons. The molecule has 0 saturated carbocycles. The molecule has 0 fully saturated rings. The first-order valence-corrected chi connectivity index (χ1v) is 3.44. The van der Waals surface area contributed by atoms with Crippen LogP contribution in [0.3, 0.4) is 0 Å². The summed E-state index contributed by atoms with van der Waals surface area (Å²) in [5, 5.41) is 8.33. The molecule has 0 aliphatic carbocycles. The minimum Gasteiger partial charge on any atom is -0.481 e. The van der Waals surface area contributed by atoms with E-state index in [1.54, 1.807) is 6.08 Å². The smallest absolute Gasteiger partial charge is 0.307 e. The molecule has 0 aromatic rings. The van der Waals surface area contributed by atoms with E-state index in [1.165, 1.54) is 0 Å². The van der Waals surface area contributed by atoms with Crippen molar-refractivity contribution in [3.05, 3.63) is 11.6 Å². The van der Waals surface area contributed by atoms with E-state index >= 15 is 0 Å². The van der Waals surface area contributed by atoms with Crippen LogP contribution in [-0.4, -0.2) is 17.4 Å². The molecule has 0 aliphatic rings. The number of aliphatic carboxylic acids is 1. The number of aldehydes is 1. The fourth-order valence-corrected chi connectivity index (χ4v) is 0.743. The fourth-order valence-electron chi connectivity index (χ4n) is 0.743. The maximum Gasteiger partial charge on any atom is 0.307 e. The van der Waals surface area contributed by atoms with Gasteiger partial charge in [0.15, 0.2) is 0 Å². The zero-order valence-electron chi connectivity index (χ0n) is 6.70. The van der Waals surface area contributed by atoms with Gasteiger partial charge in [0, 0.05) is 0 Å². The molecule has 11 heavy (non-hydrogen) atoms. The highest BCUT2D eigenvalue weighted by molar-refractivity contribution is 5.83. The monoisotopic (exact) mass is 156 g/mol. The minimum atomic E-state index is -0.969. The third-order valence-corrected chi connectivity index (χ3v) is 1.05. The largest absolute Gasteiger partial charge is 0.481 e. The Hall–Kier alpha value is -1.12. The predicted molar refractivity (Wildman–Crippen MR) is 41.2 cm³/mol. The van der Waals surface area contributed by atoms with Gasteiger partial charge in [0.1, 0.15) is 6.29 Å². The van der Waals surface area contributed by atoms with Gasteiger partial charge in [-0.1, -0.05) is 19.9 Å². The van der Waals surface area contributed by atoms with Crippen LogP contribution in [0.5, 0.6) is 0 Å². The molecule has 0 aromatic carbocycles.